The van der Waals surface area contributed by atoms with Gasteiger partial charge in [0.05, 0.1) is 28.5 Å². The number of aromatic nitrogens is 4. The number of hydrogen-bond donors (Lipinski definition) is 2. The Kier molecular flexibility index (Phi) is 6.87. The van der Waals surface area contributed by atoms with Crippen molar-refractivity contribution in [3.8, 4) is 22.2 Å². The number of urea groups is 1. The van der Waals surface area contributed by atoms with Gasteiger partial charge in [-0.15, -0.1) is 0 Å². The third-order valence-electron chi connectivity index (χ3n) is 5.36. The molecule has 10 nitrogen and oxygen atoms in total. The molecule has 0 unspecified atom stereocenters. The minimum atomic E-state index is -4.56. The second-order valence-electron chi connectivity index (χ2n) is 8.04. The molecule has 194 valence electrons. The van der Waals surface area contributed by atoms with Gasteiger partial charge in [0, 0.05) is 25.4 Å². The highest BCUT2D eigenvalue weighted by Gasteiger charge is 2.31. The van der Waals surface area contributed by atoms with Crippen molar-refractivity contribution in [2.24, 2.45) is 0 Å². The molecule has 0 aliphatic carbocycles. The number of carbonyl (C=O) groups is 2. The van der Waals surface area contributed by atoms with Gasteiger partial charge in [0.1, 0.15) is 11.6 Å². The first kappa shape index (κ1) is 25.1. The molecule has 0 radical (unpaired) electrons. The molecular weight excluding hydrogens is 523 g/mol. The number of halogens is 3. The first-order chi connectivity index (χ1) is 18.2. The van der Waals surface area contributed by atoms with E-state index in [9.17, 15) is 22.8 Å². The van der Waals surface area contributed by atoms with Crippen molar-refractivity contribution in [1.82, 2.24) is 19.9 Å². The highest BCUT2D eigenvalue weighted by atomic mass is 32.1. The Morgan fingerprint density at radius 2 is 1.76 bits per heavy atom. The van der Waals surface area contributed by atoms with Crippen molar-refractivity contribution in [2.45, 2.75) is 19.0 Å². The average Bonchev–Trinajstić information content (AvgIpc) is 3.54. The third kappa shape index (κ3) is 5.86. The van der Waals surface area contributed by atoms with Crippen LogP contribution in [0, 0.1) is 0 Å². The summed E-state index contributed by atoms with van der Waals surface area (Å²) >= 11 is 1.44. The largest absolute Gasteiger partial charge is 0.424 e. The van der Waals surface area contributed by atoms with Gasteiger partial charge in [-0.05, 0) is 48.4 Å². The SMILES string of the molecule is O=C(Nc1cnc(Oc2ccc(-c3cnc(N4CCCC4=O)s3)cc2)nc1)Nc1cc(C(F)(F)F)ccn1. The first-order valence-electron chi connectivity index (χ1n) is 11.2. The normalized spacial score (nSPS) is 13.4. The number of hydrogen-bond acceptors (Lipinski definition) is 8. The zero-order valence-electron chi connectivity index (χ0n) is 19.4. The molecule has 3 aromatic heterocycles. The number of alkyl halides is 3. The molecule has 0 bridgehead atoms. The van der Waals surface area contributed by atoms with Gasteiger partial charge >= 0.3 is 18.2 Å². The van der Waals surface area contributed by atoms with E-state index in [0.29, 0.717) is 23.8 Å². The molecule has 0 atom stereocenters. The first-order valence-corrected chi connectivity index (χ1v) is 12.0. The number of thiazole rings is 1. The quantitative estimate of drug-likeness (QED) is 0.327. The molecule has 4 aromatic rings. The number of anilines is 3. The van der Waals surface area contributed by atoms with E-state index in [1.165, 1.54) is 23.7 Å². The van der Waals surface area contributed by atoms with Crippen LogP contribution in [-0.4, -0.2) is 38.4 Å². The number of benzene rings is 1. The summed E-state index contributed by atoms with van der Waals surface area (Å²) in [4.78, 5) is 42.8. The van der Waals surface area contributed by atoms with Gasteiger partial charge in [-0.3, -0.25) is 15.0 Å². The van der Waals surface area contributed by atoms with Crippen LogP contribution >= 0.6 is 11.3 Å². The zero-order chi connectivity index (χ0) is 26.7. The van der Waals surface area contributed by atoms with Crippen LogP contribution in [0.4, 0.5) is 34.6 Å². The van der Waals surface area contributed by atoms with E-state index >= 15 is 0 Å². The molecule has 0 saturated carbocycles. The lowest BCUT2D eigenvalue weighted by molar-refractivity contribution is -0.137. The van der Waals surface area contributed by atoms with Crippen LogP contribution in [0.1, 0.15) is 18.4 Å². The smallest absolute Gasteiger partial charge is 0.416 e. The Labute approximate surface area is 217 Å². The van der Waals surface area contributed by atoms with Crippen molar-refractivity contribution in [1.29, 1.82) is 0 Å². The molecule has 4 heterocycles. The molecular formula is C24H18F3N7O3S. The number of rotatable bonds is 6. The maximum absolute atomic E-state index is 12.8. The standard InChI is InChI=1S/C24H18F3N7O3S/c25-24(26,27)15-7-8-28-19(10-15)33-21(36)32-16-11-29-22(30-12-16)37-17-5-3-14(4-6-17)18-13-31-23(38-18)34-9-1-2-20(34)35/h3-8,10-13H,1-2,9H2,(H2,28,32,33,36). The van der Waals surface area contributed by atoms with Crippen LogP contribution in [0.2, 0.25) is 0 Å². The van der Waals surface area contributed by atoms with Gasteiger partial charge < -0.3 is 10.1 Å². The number of amides is 3. The van der Waals surface area contributed by atoms with E-state index < -0.39 is 17.8 Å². The van der Waals surface area contributed by atoms with Gasteiger partial charge in [0.15, 0.2) is 5.13 Å². The molecule has 1 saturated heterocycles. The summed E-state index contributed by atoms with van der Waals surface area (Å²) < 4.78 is 44.1. The second-order valence-corrected chi connectivity index (χ2v) is 9.05. The Morgan fingerprint density at radius 1 is 1.00 bits per heavy atom. The fourth-order valence-corrected chi connectivity index (χ4v) is 4.52. The summed E-state index contributed by atoms with van der Waals surface area (Å²) in [6, 6.07) is 7.90. The maximum atomic E-state index is 12.8. The summed E-state index contributed by atoms with van der Waals surface area (Å²) in [5, 5.41) is 5.32. The van der Waals surface area contributed by atoms with E-state index in [1.807, 2.05) is 12.1 Å². The molecule has 14 heteroatoms. The summed E-state index contributed by atoms with van der Waals surface area (Å²) in [5.74, 6) is 0.298. The van der Waals surface area contributed by atoms with Crippen molar-refractivity contribution in [2.75, 3.05) is 22.1 Å². The maximum Gasteiger partial charge on any atom is 0.416 e. The van der Waals surface area contributed by atoms with Crippen LogP contribution in [0.3, 0.4) is 0 Å². The number of nitrogens with one attached hydrogen (secondary N) is 2. The van der Waals surface area contributed by atoms with Gasteiger partial charge in [0.2, 0.25) is 5.91 Å². The summed E-state index contributed by atoms with van der Waals surface area (Å²) in [6.07, 6.45) is 2.08. The van der Waals surface area contributed by atoms with Gasteiger partial charge in [-0.1, -0.05) is 11.3 Å². The second kappa shape index (κ2) is 10.4. The molecule has 1 fully saturated rings. The molecule has 5 rings (SSSR count). The van der Waals surface area contributed by atoms with Crippen LogP contribution in [0.15, 0.2) is 61.2 Å². The lowest BCUT2D eigenvalue weighted by Gasteiger charge is -2.10. The zero-order valence-corrected chi connectivity index (χ0v) is 20.2. The predicted molar refractivity (Wildman–Crippen MR) is 133 cm³/mol. The highest BCUT2D eigenvalue weighted by molar-refractivity contribution is 7.19. The van der Waals surface area contributed by atoms with Crippen molar-refractivity contribution in [3.63, 3.8) is 0 Å². The summed E-state index contributed by atoms with van der Waals surface area (Å²) in [7, 11) is 0. The van der Waals surface area contributed by atoms with Crippen molar-refractivity contribution < 1.29 is 27.5 Å². The molecule has 0 spiro atoms. The van der Waals surface area contributed by atoms with E-state index in [-0.39, 0.29) is 23.4 Å². The monoisotopic (exact) mass is 541 g/mol. The van der Waals surface area contributed by atoms with Gasteiger partial charge in [-0.2, -0.15) is 13.2 Å². The molecule has 2 N–H and O–H groups in total. The highest BCUT2D eigenvalue weighted by Crippen LogP contribution is 2.34. The number of pyridine rings is 1. The summed E-state index contributed by atoms with van der Waals surface area (Å²) in [5.41, 5.74) is 0.167. The lowest BCUT2D eigenvalue weighted by Crippen LogP contribution is -2.23. The van der Waals surface area contributed by atoms with Crippen molar-refractivity contribution >= 4 is 39.9 Å². The Morgan fingerprint density at radius 3 is 2.45 bits per heavy atom. The predicted octanol–water partition coefficient (Wildman–Crippen LogP) is 5.58. The Bertz CT molecular complexity index is 1460. The van der Waals surface area contributed by atoms with Crippen LogP contribution < -0.4 is 20.3 Å². The molecule has 1 aromatic carbocycles. The Hall–Kier alpha value is -4.59. The number of carbonyl (C=O) groups excluding carboxylic acids is 2. The van der Waals surface area contributed by atoms with Gasteiger partial charge in [-0.25, -0.2) is 24.7 Å². The number of ether oxygens (including phenoxy) is 1. The van der Waals surface area contributed by atoms with Gasteiger partial charge in [0.25, 0.3) is 0 Å². The van der Waals surface area contributed by atoms with E-state index in [1.54, 1.807) is 23.2 Å². The fourth-order valence-electron chi connectivity index (χ4n) is 3.55. The molecule has 1 aliphatic rings. The van der Waals surface area contributed by atoms with Crippen LogP contribution in [-0.2, 0) is 11.0 Å². The fraction of sp³-hybridized carbons (Fsp3) is 0.167. The minimum Gasteiger partial charge on any atom is -0.424 e. The van der Waals surface area contributed by atoms with E-state index in [4.69, 9.17) is 4.74 Å². The van der Waals surface area contributed by atoms with E-state index in [2.05, 4.69) is 30.6 Å². The summed E-state index contributed by atoms with van der Waals surface area (Å²) in [6.45, 7) is 0.685. The third-order valence-corrected chi connectivity index (χ3v) is 6.43. The van der Waals surface area contributed by atoms with Crippen LogP contribution in [0.25, 0.3) is 10.4 Å². The molecule has 3 amide bonds. The lowest BCUT2D eigenvalue weighted by atomic mass is 10.2. The topological polar surface area (TPSA) is 122 Å². The average molecular weight is 542 g/mol. The molecule has 1 aliphatic heterocycles. The number of nitrogens with zero attached hydrogens (tertiary/aromatic N) is 5. The van der Waals surface area contributed by atoms with Crippen molar-refractivity contribution in [3.05, 3.63) is 66.7 Å². The Balaban J connectivity index is 1.16. The molecule has 38 heavy (non-hydrogen) atoms. The minimum absolute atomic E-state index is 0.0240. The van der Waals surface area contributed by atoms with Crippen LogP contribution in [0.5, 0.6) is 11.8 Å². The van der Waals surface area contributed by atoms with E-state index in [0.717, 1.165) is 35.2 Å².